The standard InChI is InChI=1S/C18H17BrClNO2/c1-3-23-17-9-8-14(19)11-13(17)7-10-18(22)21-16-6-4-5-15(20)12(16)2/h4-11H,3H2,1-2H3,(H,21,22). The average molecular weight is 395 g/mol. The maximum absolute atomic E-state index is 12.1. The molecule has 0 fully saturated rings. The van der Waals surface area contributed by atoms with Crippen LogP contribution in [0.4, 0.5) is 5.69 Å². The molecule has 1 N–H and O–H groups in total. The molecule has 0 aliphatic carbocycles. The quantitative estimate of drug-likeness (QED) is 0.684. The molecule has 2 rings (SSSR count). The van der Waals surface area contributed by atoms with Crippen molar-refractivity contribution >= 4 is 45.2 Å². The van der Waals surface area contributed by atoms with Gasteiger partial charge in [-0.2, -0.15) is 0 Å². The van der Waals surface area contributed by atoms with Crippen LogP contribution in [0.5, 0.6) is 5.75 Å². The van der Waals surface area contributed by atoms with E-state index in [9.17, 15) is 4.79 Å². The minimum absolute atomic E-state index is 0.224. The van der Waals surface area contributed by atoms with Gasteiger partial charge in [0.25, 0.3) is 0 Å². The van der Waals surface area contributed by atoms with Gasteiger partial charge in [0.2, 0.25) is 5.91 Å². The Kier molecular flexibility index (Phi) is 6.25. The largest absolute Gasteiger partial charge is 0.493 e. The van der Waals surface area contributed by atoms with Gasteiger partial charge in [-0.25, -0.2) is 0 Å². The topological polar surface area (TPSA) is 38.3 Å². The summed E-state index contributed by atoms with van der Waals surface area (Å²) in [5.74, 6) is 0.511. The molecule has 0 bridgehead atoms. The zero-order valence-corrected chi connectivity index (χ0v) is 15.2. The lowest BCUT2D eigenvalue weighted by Crippen LogP contribution is -2.09. The number of amides is 1. The second-order valence-corrected chi connectivity index (χ2v) is 6.17. The van der Waals surface area contributed by atoms with Gasteiger partial charge in [-0.15, -0.1) is 0 Å². The predicted octanol–water partition coefficient (Wildman–Crippen LogP) is 5.46. The molecule has 0 aliphatic rings. The Balaban J connectivity index is 2.15. The van der Waals surface area contributed by atoms with E-state index in [-0.39, 0.29) is 5.91 Å². The summed E-state index contributed by atoms with van der Waals surface area (Å²) >= 11 is 9.47. The van der Waals surface area contributed by atoms with Crippen LogP contribution in [-0.4, -0.2) is 12.5 Å². The summed E-state index contributed by atoms with van der Waals surface area (Å²) < 4.78 is 6.48. The number of hydrogen-bond donors (Lipinski definition) is 1. The van der Waals surface area contributed by atoms with Crippen LogP contribution < -0.4 is 10.1 Å². The normalized spacial score (nSPS) is 10.8. The van der Waals surface area contributed by atoms with Crippen molar-refractivity contribution < 1.29 is 9.53 Å². The first-order valence-corrected chi connectivity index (χ1v) is 8.35. The third kappa shape index (κ3) is 4.85. The molecule has 2 aromatic carbocycles. The van der Waals surface area contributed by atoms with Gasteiger partial charge in [0.15, 0.2) is 0 Å². The third-order valence-corrected chi connectivity index (χ3v) is 4.11. The fraction of sp³-hybridized carbons (Fsp3) is 0.167. The number of nitrogens with one attached hydrogen (secondary N) is 1. The summed E-state index contributed by atoms with van der Waals surface area (Å²) in [6.07, 6.45) is 3.20. The van der Waals surface area contributed by atoms with Crippen molar-refractivity contribution in [3.63, 3.8) is 0 Å². The Bertz CT molecular complexity index is 744. The number of benzene rings is 2. The average Bonchev–Trinajstić information content (AvgIpc) is 2.52. The smallest absolute Gasteiger partial charge is 0.248 e. The highest BCUT2D eigenvalue weighted by Gasteiger charge is 2.05. The van der Waals surface area contributed by atoms with Gasteiger partial charge in [0.05, 0.1) is 6.61 Å². The van der Waals surface area contributed by atoms with E-state index < -0.39 is 0 Å². The van der Waals surface area contributed by atoms with Gasteiger partial charge < -0.3 is 10.1 Å². The third-order valence-electron chi connectivity index (χ3n) is 3.21. The molecule has 120 valence electrons. The first kappa shape index (κ1) is 17.6. The highest BCUT2D eigenvalue weighted by molar-refractivity contribution is 9.10. The SMILES string of the molecule is CCOc1ccc(Br)cc1C=CC(=O)Nc1cccc(Cl)c1C. The fourth-order valence-electron chi connectivity index (χ4n) is 2.02. The molecule has 2 aromatic rings. The molecule has 0 unspecified atom stereocenters. The Morgan fingerprint density at radius 3 is 2.87 bits per heavy atom. The minimum Gasteiger partial charge on any atom is -0.493 e. The van der Waals surface area contributed by atoms with Gasteiger partial charge >= 0.3 is 0 Å². The first-order chi connectivity index (χ1) is 11.0. The van der Waals surface area contributed by atoms with Crippen LogP contribution in [0.3, 0.4) is 0 Å². The molecule has 0 aromatic heterocycles. The van der Waals surface area contributed by atoms with Crippen molar-refractivity contribution in [2.45, 2.75) is 13.8 Å². The molecular formula is C18H17BrClNO2. The van der Waals surface area contributed by atoms with E-state index in [2.05, 4.69) is 21.2 Å². The summed E-state index contributed by atoms with van der Waals surface area (Å²) in [4.78, 5) is 12.1. The maximum atomic E-state index is 12.1. The van der Waals surface area contributed by atoms with Crippen molar-refractivity contribution in [2.75, 3.05) is 11.9 Å². The molecule has 0 heterocycles. The fourth-order valence-corrected chi connectivity index (χ4v) is 2.57. The van der Waals surface area contributed by atoms with Crippen LogP contribution in [-0.2, 0) is 4.79 Å². The summed E-state index contributed by atoms with van der Waals surface area (Å²) in [6, 6.07) is 11.1. The molecule has 1 amide bonds. The van der Waals surface area contributed by atoms with Crippen molar-refractivity contribution in [3.05, 3.63) is 63.1 Å². The zero-order chi connectivity index (χ0) is 16.8. The van der Waals surface area contributed by atoms with Crippen LogP contribution in [0, 0.1) is 6.92 Å². The molecule has 3 nitrogen and oxygen atoms in total. The lowest BCUT2D eigenvalue weighted by Gasteiger charge is -2.09. The highest BCUT2D eigenvalue weighted by atomic mass is 79.9. The van der Waals surface area contributed by atoms with Crippen LogP contribution in [0.2, 0.25) is 5.02 Å². The van der Waals surface area contributed by atoms with Crippen molar-refractivity contribution in [2.24, 2.45) is 0 Å². The molecule has 5 heteroatoms. The molecule has 0 atom stereocenters. The first-order valence-electron chi connectivity index (χ1n) is 7.17. The van der Waals surface area contributed by atoms with Crippen LogP contribution in [0.15, 0.2) is 46.9 Å². The molecule has 0 spiro atoms. The second kappa shape index (κ2) is 8.18. The Labute approximate surface area is 149 Å². The van der Waals surface area contributed by atoms with E-state index in [4.69, 9.17) is 16.3 Å². The van der Waals surface area contributed by atoms with Gasteiger partial charge in [0, 0.05) is 26.8 Å². The molecule has 23 heavy (non-hydrogen) atoms. The van der Waals surface area contributed by atoms with Crippen molar-refractivity contribution in [1.29, 1.82) is 0 Å². The number of carbonyl (C=O) groups excluding carboxylic acids is 1. The monoisotopic (exact) mass is 393 g/mol. The number of rotatable bonds is 5. The molecule has 0 aliphatic heterocycles. The summed E-state index contributed by atoms with van der Waals surface area (Å²) in [6.45, 7) is 4.35. The van der Waals surface area contributed by atoms with E-state index in [1.165, 1.54) is 6.08 Å². The molecule has 0 radical (unpaired) electrons. The van der Waals surface area contributed by atoms with Gasteiger partial charge in [-0.3, -0.25) is 4.79 Å². The predicted molar refractivity (Wildman–Crippen MR) is 99.2 cm³/mol. The summed E-state index contributed by atoms with van der Waals surface area (Å²) in [7, 11) is 0. The number of anilines is 1. The van der Waals surface area contributed by atoms with Gasteiger partial charge in [-0.05, 0) is 55.8 Å². The molecular weight excluding hydrogens is 378 g/mol. The van der Waals surface area contributed by atoms with Crippen LogP contribution in [0.25, 0.3) is 6.08 Å². The lowest BCUT2D eigenvalue weighted by molar-refractivity contribution is -0.111. The number of ether oxygens (including phenoxy) is 1. The van der Waals surface area contributed by atoms with Gasteiger partial charge in [0.1, 0.15) is 5.75 Å². The van der Waals surface area contributed by atoms with E-state index >= 15 is 0 Å². The lowest BCUT2D eigenvalue weighted by atomic mass is 10.1. The molecule has 0 saturated carbocycles. The van der Waals surface area contributed by atoms with Crippen LogP contribution in [0.1, 0.15) is 18.1 Å². The highest BCUT2D eigenvalue weighted by Crippen LogP contribution is 2.25. The van der Waals surface area contributed by atoms with E-state index in [0.29, 0.717) is 17.3 Å². The van der Waals surface area contributed by atoms with Gasteiger partial charge in [-0.1, -0.05) is 33.6 Å². The Hall–Kier alpha value is -1.78. The zero-order valence-electron chi connectivity index (χ0n) is 12.9. The summed E-state index contributed by atoms with van der Waals surface area (Å²) in [5, 5.41) is 3.45. The Morgan fingerprint density at radius 1 is 1.35 bits per heavy atom. The Morgan fingerprint density at radius 2 is 2.13 bits per heavy atom. The van der Waals surface area contributed by atoms with Crippen molar-refractivity contribution in [3.8, 4) is 5.75 Å². The van der Waals surface area contributed by atoms with E-state index in [1.54, 1.807) is 18.2 Å². The number of carbonyl (C=O) groups is 1. The van der Waals surface area contributed by atoms with Crippen LogP contribution >= 0.6 is 27.5 Å². The number of halogens is 2. The van der Waals surface area contributed by atoms with E-state index in [0.717, 1.165) is 21.3 Å². The minimum atomic E-state index is -0.224. The van der Waals surface area contributed by atoms with E-state index in [1.807, 2.05) is 38.1 Å². The molecule has 0 saturated heterocycles. The second-order valence-electron chi connectivity index (χ2n) is 4.85. The number of hydrogen-bond acceptors (Lipinski definition) is 2. The van der Waals surface area contributed by atoms with Crippen molar-refractivity contribution in [1.82, 2.24) is 0 Å². The summed E-state index contributed by atoms with van der Waals surface area (Å²) in [5.41, 5.74) is 2.37. The maximum Gasteiger partial charge on any atom is 0.248 e.